The first-order valence-electron chi connectivity index (χ1n) is 7.96. The van der Waals surface area contributed by atoms with Gasteiger partial charge in [0, 0.05) is 0 Å². The Kier molecular flexibility index (Phi) is 5.94. The van der Waals surface area contributed by atoms with E-state index in [0.29, 0.717) is 6.42 Å². The van der Waals surface area contributed by atoms with Gasteiger partial charge in [0.15, 0.2) is 0 Å². The Hall–Kier alpha value is -0.830. The fourth-order valence-corrected chi connectivity index (χ4v) is 3.35. The molecule has 4 N–H and O–H groups in total. The number of carbonyl (C=O) groups excluding carboxylic acids is 1. The van der Waals surface area contributed by atoms with Gasteiger partial charge in [-0.25, -0.2) is 0 Å². The van der Waals surface area contributed by atoms with Crippen LogP contribution in [0.15, 0.2) is 11.1 Å². The largest absolute Gasteiger partial charge is 0.394 e. The van der Waals surface area contributed by atoms with E-state index in [1.165, 1.54) is 12.5 Å². The van der Waals surface area contributed by atoms with Gasteiger partial charge in [0.1, 0.15) is 18.3 Å². The van der Waals surface area contributed by atoms with Gasteiger partial charge >= 0.3 is 0 Å². The lowest BCUT2D eigenvalue weighted by Gasteiger charge is -2.41. The van der Waals surface area contributed by atoms with Gasteiger partial charge in [-0.1, -0.05) is 5.57 Å². The second kappa shape index (κ2) is 7.38. The lowest BCUT2D eigenvalue weighted by atomic mass is 9.94. The van der Waals surface area contributed by atoms with E-state index in [1.54, 1.807) is 0 Å². The molecule has 1 aliphatic carbocycles. The molecule has 0 radical (unpaired) electrons. The highest BCUT2D eigenvalue weighted by atomic mass is 16.7. The normalized spacial score (nSPS) is 38.4. The number of allylic oxidation sites excluding steroid dienone is 1. The fourth-order valence-electron chi connectivity index (χ4n) is 3.35. The first-order valence-corrected chi connectivity index (χ1v) is 7.96. The first-order chi connectivity index (χ1) is 10.8. The van der Waals surface area contributed by atoms with Crippen molar-refractivity contribution < 1.29 is 34.7 Å². The number of hydrogen-bond acceptors (Lipinski definition) is 7. The predicted molar refractivity (Wildman–Crippen MR) is 80.5 cm³/mol. The lowest BCUT2D eigenvalue weighted by Crippen LogP contribution is -2.62. The molecule has 0 bridgehead atoms. The van der Waals surface area contributed by atoms with Crippen molar-refractivity contribution in [3.8, 4) is 0 Å². The topological polar surface area (TPSA) is 116 Å². The number of ether oxygens (including phenoxy) is 2. The van der Waals surface area contributed by atoms with Crippen LogP contribution in [0.3, 0.4) is 0 Å². The van der Waals surface area contributed by atoms with E-state index < -0.39 is 36.5 Å². The van der Waals surface area contributed by atoms with Gasteiger partial charge in [0.25, 0.3) is 0 Å². The smallest absolute Gasteiger partial charge is 0.229 e. The van der Waals surface area contributed by atoms with Crippen molar-refractivity contribution in [2.75, 3.05) is 19.8 Å². The zero-order chi connectivity index (χ0) is 17.2. The minimum Gasteiger partial charge on any atom is -0.394 e. The minimum absolute atomic E-state index is 0.0285. The van der Waals surface area contributed by atoms with E-state index in [-0.39, 0.29) is 19.1 Å². The van der Waals surface area contributed by atoms with Crippen LogP contribution in [0.1, 0.15) is 33.1 Å². The molecule has 2 aliphatic rings. The van der Waals surface area contributed by atoms with E-state index in [9.17, 15) is 25.2 Å². The Morgan fingerprint density at radius 3 is 2.65 bits per heavy atom. The molecule has 1 fully saturated rings. The highest BCUT2D eigenvalue weighted by Crippen LogP contribution is 2.34. The van der Waals surface area contributed by atoms with Crippen molar-refractivity contribution in [2.45, 2.75) is 57.2 Å². The maximum Gasteiger partial charge on any atom is 0.229 e. The molecular weight excluding hydrogens is 304 g/mol. The summed E-state index contributed by atoms with van der Waals surface area (Å²) in [5.74, 6) is -2.23. The van der Waals surface area contributed by atoms with Gasteiger partial charge in [0.2, 0.25) is 11.6 Å². The molecule has 0 aromatic heterocycles. The molecule has 1 heterocycles. The second-order valence-corrected chi connectivity index (χ2v) is 6.42. The molecule has 1 aliphatic heterocycles. The summed E-state index contributed by atoms with van der Waals surface area (Å²) in [7, 11) is 0. The fraction of sp³-hybridized carbons (Fsp3) is 0.812. The molecule has 0 aromatic rings. The number of Topliss-reactive ketones (excluding diaryl/α,β-unsaturated/α-hetero) is 1. The van der Waals surface area contributed by atoms with Crippen molar-refractivity contribution >= 4 is 5.78 Å². The van der Waals surface area contributed by atoms with Gasteiger partial charge in [0.05, 0.1) is 19.8 Å². The number of hydrogen-bond donors (Lipinski definition) is 4. The molecule has 23 heavy (non-hydrogen) atoms. The summed E-state index contributed by atoms with van der Waals surface area (Å²) in [5.41, 5.74) is 2.23. The van der Waals surface area contributed by atoms with E-state index in [4.69, 9.17) is 9.47 Å². The third-order valence-corrected chi connectivity index (χ3v) is 4.90. The zero-order valence-corrected chi connectivity index (χ0v) is 13.6. The first kappa shape index (κ1) is 18.5. The van der Waals surface area contributed by atoms with Crippen LogP contribution in [0.2, 0.25) is 0 Å². The average molecular weight is 330 g/mol. The summed E-state index contributed by atoms with van der Waals surface area (Å²) in [6, 6.07) is 0. The summed E-state index contributed by atoms with van der Waals surface area (Å²) in [4.78, 5) is 12.1. The molecular formula is C16H26O7. The SMILES string of the molecule is CC1=C(CO)[C@@H](CCO[C@]2(C)OC(CO)[C@@H](O)C(O)C2=O)CC1. The van der Waals surface area contributed by atoms with Crippen LogP contribution in [-0.4, -0.2) is 70.1 Å². The third-order valence-electron chi connectivity index (χ3n) is 4.90. The van der Waals surface area contributed by atoms with Gasteiger partial charge in [-0.05, 0) is 44.6 Å². The molecule has 0 amide bonds. The van der Waals surface area contributed by atoms with Crippen molar-refractivity contribution in [3.05, 3.63) is 11.1 Å². The standard InChI is InChI=1S/C16H26O7/c1-9-3-4-10(11(9)7-17)5-6-22-16(2)15(21)14(20)13(19)12(8-18)23-16/h10,12-14,17-20H,3-8H2,1-2H3/t10-,12?,13-,14?,16-/m1/s1. The maximum atomic E-state index is 12.1. The molecule has 7 nitrogen and oxygen atoms in total. The molecule has 5 atom stereocenters. The van der Waals surface area contributed by atoms with Crippen LogP contribution >= 0.6 is 0 Å². The molecule has 0 saturated carbocycles. The summed E-state index contributed by atoms with van der Waals surface area (Å²) in [6.07, 6.45) is -1.67. The number of carbonyl (C=O) groups is 1. The summed E-state index contributed by atoms with van der Waals surface area (Å²) >= 11 is 0. The molecule has 1 saturated heterocycles. The Labute approximate surface area is 135 Å². The predicted octanol–water partition coefficient (Wildman–Crippen LogP) is -0.490. The lowest BCUT2D eigenvalue weighted by molar-refractivity contribution is -0.286. The number of rotatable bonds is 6. The number of ketones is 1. The second-order valence-electron chi connectivity index (χ2n) is 6.42. The molecule has 0 aromatic carbocycles. The van der Waals surface area contributed by atoms with Gasteiger partial charge in [-0.15, -0.1) is 0 Å². The summed E-state index contributed by atoms with van der Waals surface area (Å²) < 4.78 is 10.9. The molecule has 132 valence electrons. The quantitative estimate of drug-likeness (QED) is 0.486. The van der Waals surface area contributed by atoms with Crippen LogP contribution in [0, 0.1) is 5.92 Å². The van der Waals surface area contributed by atoms with Crippen LogP contribution < -0.4 is 0 Å². The highest BCUT2D eigenvalue weighted by Gasteiger charge is 2.51. The van der Waals surface area contributed by atoms with E-state index in [1.807, 2.05) is 6.92 Å². The van der Waals surface area contributed by atoms with Gasteiger partial charge < -0.3 is 29.9 Å². The average Bonchev–Trinajstić information content (AvgIpc) is 2.89. The van der Waals surface area contributed by atoms with Crippen molar-refractivity contribution in [3.63, 3.8) is 0 Å². The summed E-state index contributed by atoms with van der Waals surface area (Å²) in [5, 5.41) is 38.1. The monoisotopic (exact) mass is 330 g/mol. The molecule has 2 rings (SSSR count). The van der Waals surface area contributed by atoms with Gasteiger partial charge in [-0.3, -0.25) is 4.79 Å². The van der Waals surface area contributed by atoms with E-state index in [2.05, 4.69) is 0 Å². The Morgan fingerprint density at radius 1 is 1.35 bits per heavy atom. The van der Waals surface area contributed by atoms with Gasteiger partial charge in [-0.2, -0.15) is 0 Å². The van der Waals surface area contributed by atoms with Crippen LogP contribution in [0.25, 0.3) is 0 Å². The summed E-state index contributed by atoms with van der Waals surface area (Å²) in [6.45, 7) is 3.11. The molecule has 7 heteroatoms. The van der Waals surface area contributed by atoms with Crippen molar-refractivity contribution in [1.29, 1.82) is 0 Å². The number of aliphatic hydroxyl groups excluding tert-OH is 4. The Bertz CT molecular complexity index is 475. The highest BCUT2D eigenvalue weighted by molar-refractivity contribution is 5.90. The van der Waals surface area contributed by atoms with E-state index >= 15 is 0 Å². The van der Waals surface area contributed by atoms with Crippen LogP contribution in [-0.2, 0) is 14.3 Å². The molecule has 2 unspecified atom stereocenters. The van der Waals surface area contributed by atoms with Crippen molar-refractivity contribution in [2.24, 2.45) is 5.92 Å². The van der Waals surface area contributed by atoms with Crippen LogP contribution in [0.5, 0.6) is 0 Å². The Balaban J connectivity index is 1.95. The maximum absolute atomic E-state index is 12.1. The van der Waals surface area contributed by atoms with Crippen molar-refractivity contribution in [1.82, 2.24) is 0 Å². The molecule has 0 spiro atoms. The van der Waals surface area contributed by atoms with Crippen LogP contribution in [0.4, 0.5) is 0 Å². The number of aliphatic hydroxyl groups is 4. The minimum atomic E-state index is -1.69. The third kappa shape index (κ3) is 3.65. The zero-order valence-electron chi connectivity index (χ0n) is 13.6. The van der Waals surface area contributed by atoms with E-state index in [0.717, 1.165) is 18.4 Å². The Morgan fingerprint density at radius 2 is 2.04 bits per heavy atom.